The van der Waals surface area contributed by atoms with Gasteiger partial charge in [-0.25, -0.2) is 4.68 Å². The van der Waals surface area contributed by atoms with Crippen LogP contribution in [0.3, 0.4) is 0 Å². The smallest absolute Gasteiger partial charge is 0.102 e. The number of anilines is 1. The Morgan fingerprint density at radius 1 is 0.931 bits per heavy atom. The van der Waals surface area contributed by atoms with Crippen molar-refractivity contribution in [1.29, 1.82) is 0 Å². The zero-order valence-electron chi connectivity index (χ0n) is 14.9. The minimum Gasteiger partial charge on any atom is -0.275 e. The molecule has 2 aromatic heterocycles. The van der Waals surface area contributed by atoms with Crippen molar-refractivity contribution < 1.29 is 0 Å². The van der Waals surface area contributed by atoms with Crippen LogP contribution in [0.15, 0.2) is 78.3 Å². The third-order valence-corrected chi connectivity index (χ3v) is 4.92. The van der Waals surface area contributed by atoms with Gasteiger partial charge in [0.15, 0.2) is 0 Å². The summed E-state index contributed by atoms with van der Waals surface area (Å²) in [4.78, 5) is 4.07. The van der Waals surface area contributed by atoms with Gasteiger partial charge in [-0.05, 0) is 36.4 Å². The number of halogens is 3. The van der Waals surface area contributed by atoms with Crippen molar-refractivity contribution in [2.75, 3.05) is 5.43 Å². The molecule has 4 rings (SSSR count). The van der Waals surface area contributed by atoms with Gasteiger partial charge < -0.3 is 0 Å². The first-order chi connectivity index (χ1) is 14.1. The average molecular weight is 443 g/mol. The molecule has 8 heteroatoms. The van der Waals surface area contributed by atoms with Crippen LogP contribution in [0.5, 0.6) is 0 Å². The van der Waals surface area contributed by atoms with E-state index in [4.69, 9.17) is 39.9 Å². The second kappa shape index (κ2) is 8.66. The fourth-order valence-corrected chi connectivity index (χ4v) is 3.65. The Balaban J connectivity index is 1.69. The van der Waals surface area contributed by atoms with Gasteiger partial charge in [0.25, 0.3) is 0 Å². The van der Waals surface area contributed by atoms with E-state index >= 15 is 0 Å². The highest BCUT2D eigenvalue weighted by Crippen LogP contribution is 2.33. The van der Waals surface area contributed by atoms with E-state index in [-0.39, 0.29) is 0 Å². The molecule has 0 atom stereocenters. The molecule has 0 fully saturated rings. The number of hydrogen-bond donors (Lipinski definition) is 1. The Kier molecular flexibility index (Phi) is 5.81. The Labute approximate surface area is 182 Å². The first-order valence-corrected chi connectivity index (χ1v) is 9.74. The molecule has 0 aliphatic carbocycles. The summed E-state index contributed by atoms with van der Waals surface area (Å²) in [6.07, 6.45) is 7.03. The SMILES string of the molecule is Clc1cc(Cl)c(NN=Cc2cn(-c3ccccc3)nc2-c2ccncc2)c(Cl)c1. The van der Waals surface area contributed by atoms with Crippen molar-refractivity contribution in [3.05, 3.63) is 93.8 Å². The first kappa shape index (κ1) is 19.5. The van der Waals surface area contributed by atoms with E-state index in [1.807, 2.05) is 48.7 Å². The van der Waals surface area contributed by atoms with Crippen LogP contribution in [-0.4, -0.2) is 21.0 Å². The van der Waals surface area contributed by atoms with Crippen LogP contribution >= 0.6 is 34.8 Å². The number of pyridine rings is 1. The largest absolute Gasteiger partial charge is 0.275 e. The zero-order chi connectivity index (χ0) is 20.2. The predicted molar refractivity (Wildman–Crippen MR) is 119 cm³/mol. The van der Waals surface area contributed by atoms with Gasteiger partial charge in [0.05, 0.1) is 27.6 Å². The molecule has 1 N–H and O–H groups in total. The number of benzene rings is 2. The van der Waals surface area contributed by atoms with E-state index in [9.17, 15) is 0 Å². The van der Waals surface area contributed by atoms with Gasteiger partial charge >= 0.3 is 0 Å². The van der Waals surface area contributed by atoms with E-state index in [1.165, 1.54) is 0 Å². The Morgan fingerprint density at radius 3 is 2.31 bits per heavy atom. The second-order valence-corrected chi connectivity index (χ2v) is 7.31. The summed E-state index contributed by atoms with van der Waals surface area (Å²) in [6, 6.07) is 16.8. The summed E-state index contributed by atoms with van der Waals surface area (Å²) < 4.78 is 1.80. The number of rotatable bonds is 5. The molecule has 0 radical (unpaired) electrons. The summed E-state index contributed by atoms with van der Waals surface area (Å²) in [5.74, 6) is 0. The molecule has 5 nitrogen and oxygen atoms in total. The van der Waals surface area contributed by atoms with Crippen LogP contribution in [-0.2, 0) is 0 Å². The number of hydrogen-bond acceptors (Lipinski definition) is 4. The third-order valence-electron chi connectivity index (χ3n) is 4.10. The highest BCUT2D eigenvalue weighted by Gasteiger charge is 2.11. The van der Waals surface area contributed by atoms with Gasteiger partial charge in [-0.2, -0.15) is 10.2 Å². The summed E-state index contributed by atoms with van der Waals surface area (Å²) in [7, 11) is 0. The molecule has 0 amide bonds. The Hall–Kier alpha value is -2.86. The monoisotopic (exact) mass is 441 g/mol. The highest BCUT2D eigenvalue weighted by atomic mass is 35.5. The minimum absolute atomic E-state index is 0.383. The van der Waals surface area contributed by atoms with Crippen molar-refractivity contribution in [2.24, 2.45) is 5.10 Å². The number of para-hydroxylation sites is 1. The van der Waals surface area contributed by atoms with Gasteiger partial charge in [-0.15, -0.1) is 0 Å². The molecule has 0 saturated carbocycles. The van der Waals surface area contributed by atoms with Crippen molar-refractivity contribution in [2.45, 2.75) is 0 Å². The molecule has 144 valence electrons. The second-order valence-electron chi connectivity index (χ2n) is 6.06. The maximum Gasteiger partial charge on any atom is 0.102 e. The number of nitrogens with one attached hydrogen (secondary N) is 1. The summed E-state index contributed by atoms with van der Waals surface area (Å²) in [5.41, 5.74) is 6.82. The molecule has 0 unspecified atom stereocenters. The van der Waals surface area contributed by atoms with Crippen molar-refractivity contribution in [3.63, 3.8) is 0 Å². The van der Waals surface area contributed by atoms with Crippen molar-refractivity contribution in [3.8, 4) is 16.9 Å². The zero-order valence-corrected chi connectivity index (χ0v) is 17.2. The van der Waals surface area contributed by atoms with Crippen LogP contribution in [0.4, 0.5) is 5.69 Å². The van der Waals surface area contributed by atoms with E-state index in [1.54, 1.807) is 35.4 Å². The van der Waals surface area contributed by atoms with Gasteiger partial charge in [0, 0.05) is 34.7 Å². The molecule has 0 bridgehead atoms. The van der Waals surface area contributed by atoms with Crippen LogP contribution in [0.2, 0.25) is 15.1 Å². The molecular weight excluding hydrogens is 429 g/mol. The molecule has 2 aromatic carbocycles. The third kappa shape index (κ3) is 4.43. The fraction of sp³-hybridized carbons (Fsp3) is 0. The molecule has 0 saturated heterocycles. The maximum atomic E-state index is 6.20. The molecular formula is C21H14Cl3N5. The lowest BCUT2D eigenvalue weighted by Gasteiger charge is -2.06. The lowest BCUT2D eigenvalue weighted by molar-refractivity contribution is 0.884. The fourth-order valence-electron chi connectivity index (χ4n) is 2.74. The van der Waals surface area contributed by atoms with E-state index in [2.05, 4.69) is 15.5 Å². The van der Waals surface area contributed by atoms with Gasteiger partial charge in [-0.1, -0.05) is 53.0 Å². The molecule has 4 aromatic rings. The van der Waals surface area contributed by atoms with Gasteiger partial charge in [0.1, 0.15) is 5.69 Å². The molecule has 0 aliphatic heterocycles. The lowest BCUT2D eigenvalue weighted by atomic mass is 10.1. The van der Waals surface area contributed by atoms with Crippen LogP contribution < -0.4 is 5.43 Å². The molecule has 2 heterocycles. The standard InChI is InChI=1S/C21H14Cl3N5/c22-16-10-18(23)21(19(24)11-16)27-26-12-15-13-29(17-4-2-1-3-5-17)28-20(15)14-6-8-25-9-7-14/h1-13,27H. The van der Waals surface area contributed by atoms with Gasteiger partial charge in [-0.3, -0.25) is 10.4 Å². The van der Waals surface area contributed by atoms with Crippen LogP contribution in [0.25, 0.3) is 16.9 Å². The minimum atomic E-state index is 0.383. The Morgan fingerprint density at radius 2 is 1.62 bits per heavy atom. The molecule has 0 aliphatic rings. The number of aromatic nitrogens is 3. The van der Waals surface area contributed by atoms with E-state index in [0.717, 1.165) is 22.5 Å². The molecule has 0 spiro atoms. The van der Waals surface area contributed by atoms with Gasteiger partial charge in [0.2, 0.25) is 0 Å². The van der Waals surface area contributed by atoms with E-state index < -0.39 is 0 Å². The Bertz CT molecular complexity index is 1130. The molecule has 29 heavy (non-hydrogen) atoms. The van der Waals surface area contributed by atoms with Crippen molar-refractivity contribution in [1.82, 2.24) is 14.8 Å². The number of hydrazone groups is 1. The van der Waals surface area contributed by atoms with Crippen LogP contribution in [0, 0.1) is 0 Å². The summed E-state index contributed by atoms with van der Waals surface area (Å²) >= 11 is 18.3. The van der Waals surface area contributed by atoms with Crippen LogP contribution in [0.1, 0.15) is 5.56 Å². The van der Waals surface area contributed by atoms with E-state index in [0.29, 0.717) is 20.8 Å². The maximum absolute atomic E-state index is 6.20. The average Bonchev–Trinajstić information content (AvgIpc) is 3.15. The quantitative estimate of drug-likeness (QED) is 0.290. The first-order valence-electron chi connectivity index (χ1n) is 8.61. The highest BCUT2D eigenvalue weighted by molar-refractivity contribution is 6.41. The topological polar surface area (TPSA) is 55.1 Å². The number of nitrogens with zero attached hydrogens (tertiary/aromatic N) is 4. The summed E-state index contributed by atoms with van der Waals surface area (Å²) in [5, 5.41) is 10.2. The lowest BCUT2D eigenvalue weighted by Crippen LogP contribution is -1.93. The normalized spacial score (nSPS) is 11.1. The predicted octanol–water partition coefficient (Wildman–Crippen LogP) is 6.34. The summed E-state index contributed by atoms with van der Waals surface area (Å²) in [6.45, 7) is 0. The van der Waals surface area contributed by atoms with Crippen molar-refractivity contribution >= 4 is 46.7 Å².